The van der Waals surface area contributed by atoms with Gasteiger partial charge in [-0.25, -0.2) is 0 Å². The summed E-state index contributed by atoms with van der Waals surface area (Å²) in [5, 5.41) is 13.3. The maximum Gasteiger partial charge on any atom is 0.217 e. The van der Waals surface area contributed by atoms with Crippen LogP contribution in [0.1, 0.15) is 12.8 Å². The Bertz CT molecular complexity index is 384. The average Bonchev–Trinajstić information content (AvgIpc) is 2.37. The highest BCUT2D eigenvalue weighted by Gasteiger charge is 2.05. The Balaban J connectivity index is 2.09. The number of carbonyl (C=O) groups is 1. The van der Waals surface area contributed by atoms with Gasteiger partial charge in [-0.1, -0.05) is 11.6 Å². The summed E-state index contributed by atoms with van der Waals surface area (Å²) in [5.41, 5.74) is 5.01. The Hall–Kier alpha value is -1.30. The van der Waals surface area contributed by atoms with Crippen molar-refractivity contribution in [2.75, 3.05) is 19.7 Å². The van der Waals surface area contributed by atoms with Crippen LogP contribution in [0.2, 0.25) is 5.02 Å². The number of benzene rings is 1. The number of primary amides is 1. The van der Waals surface area contributed by atoms with E-state index in [0.29, 0.717) is 36.7 Å². The number of hydrogen-bond donors (Lipinski definition) is 3. The molecule has 0 aliphatic heterocycles. The number of ether oxygens (including phenoxy) is 1. The summed E-state index contributed by atoms with van der Waals surface area (Å²) in [7, 11) is 0. The Morgan fingerprint density at radius 3 is 2.74 bits per heavy atom. The first-order chi connectivity index (χ1) is 9.08. The summed E-state index contributed by atoms with van der Waals surface area (Å²) < 4.78 is 5.40. The number of carbonyl (C=O) groups excluding carboxylic acids is 1. The fraction of sp³-hybridized carbons (Fsp3) is 0.462. The predicted molar refractivity (Wildman–Crippen MR) is 74.3 cm³/mol. The van der Waals surface area contributed by atoms with Crippen LogP contribution in [-0.2, 0) is 4.79 Å². The van der Waals surface area contributed by atoms with Gasteiger partial charge < -0.3 is 20.9 Å². The predicted octanol–water partition coefficient (Wildman–Crippen LogP) is 0.935. The van der Waals surface area contributed by atoms with Crippen LogP contribution in [0.3, 0.4) is 0 Å². The van der Waals surface area contributed by atoms with E-state index in [1.165, 1.54) is 0 Å². The molecule has 1 atom stereocenters. The zero-order chi connectivity index (χ0) is 14.1. The van der Waals surface area contributed by atoms with Crippen LogP contribution in [0.15, 0.2) is 24.3 Å². The first kappa shape index (κ1) is 15.8. The van der Waals surface area contributed by atoms with Gasteiger partial charge in [0.1, 0.15) is 18.5 Å². The molecule has 4 N–H and O–H groups in total. The molecule has 0 aliphatic rings. The molecule has 0 bridgehead atoms. The topological polar surface area (TPSA) is 84.6 Å². The van der Waals surface area contributed by atoms with Crippen LogP contribution in [0.25, 0.3) is 0 Å². The minimum Gasteiger partial charge on any atom is -0.491 e. The Labute approximate surface area is 117 Å². The number of rotatable bonds is 9. The molecular formula is C13H19ClN2O3. The second kappa shape index (κ2) is 8.74. The number of aliphatic hydroxyl groups is 1. The number of nitrogens with one attached hydrogen (secondary N) is 1. The summed E-state index contributed by atoms with van der Waals surface area (Å²) in [6, 6.07) is 6.95. The third-order valence-corrected chi connectivity index (χ3v) is 2.66. The van der Waals surface area contributed by atoms with Gasteiger partial charge in [0.2, 0.25) is 5.91 Å². The number of nitrogens with two attached hydrogens (primary N) is 1. The summed E-state index contributed by atoms with van der Waals surface area (Å²) in [4.78, 5) is 10.5. The van der Waals surface area contributed by atoms with Crippen molar-refractivity contribution in [2.45, 2.75) is 18.9 Å². The van der Waals surface area contributed by atoms with E-state index in [2.05, 4.69) is 5.32 Å². The third kappa shape index (κ3) is 7.66. The second-order valence-corrected chi connectivity index (χ2v) is 4.63. The molecule has 0 saturated heterocycles. The lowest BCUT2D eigenvalue weighted by atomic mass is 10.3. The molecule has 1 aromatic carbocycles. The van der Waals surface area contributed by atoms with Crippen molar-refractivity contribution in [3.63, 3.8) is 0 Å². The number of amides is 1. The number of aliphatic hydroxyl groups excluding tert-OH is 1. The maximum atomic E-state index is 10.5. The lowest BCUT2D eigenvalue weighted by Gasteiger charge is -2.13. The van der Waals surface area contributed by atoms with Gasteiger partial charge >= 0.3 is 0 Å². The fourth-order valence-electron chi connectivity index (χ4n) is 1.44. The molecule has 0 aliphatic carbocycles. The average molecular weight is 287 g/mol. The van der Waals surface area contributed by atoms with Gasteiger partial charge in [-0.2, -0.15) is 0 Å². The zero-order valence-electron chi connectivity index (χ0n) is 10.6. The van der Waals surface area contributed by atoms with Crippen molar-refractivity contribution in [3.8, 4) is 5.75 Å². The van der Waals surface area contributed by atoms with E-state index < -0.39 is 6.10 Å². The van der Waals surface area contributed by atoms with Crippen molar-refractivity contribution < 1.29 is 14.6 Å². The largest absolute Gasteiger partial charge is 0.491 e. The molecule has 1 aromatic rings. The van der Waals surface area contributed by atoms with Crippen molar-refractivity contribution in [1.29, 1.82) is 0 Å². The minimum atomic E-state index is -0.607. The smallest absolute Gasteiger partial charge is 0.217 e. The van der Waals surface area contributed by atoms with Crippen LogP contribution in [-0.4, -0.2) is 36.8 Å². The highest BCUT2D eigenvalue weighted by molar-refractivity contribution is 6.30. The molecule has 6 heteroatoms. The molecule has 0 fully saturated rings. The van der Waals surface area contributed by atoms with Crippen LogP contribution in [0, 0.1) is 0 Å². The summed E-state index contributed by atoms with van der Waals surface area (Å²) in [6.07, 6.45) is 0.411. The molecule has 0 heterocycles. The maximum absolute atomic E-state index is 10.5. The lowest BCUT2D eigenvalue weighted by molar-refractivity contribution is -0.118. The SMILES string of the molecule is NC(=O)CCCNCC(O)COc1ccc(Cl)cc1. The van der Waals surface area contributed by atoms with E-state index in [9.17, 15) is 9.90 Å². The Morgan fingerprint density at radius 1 is 1.42 bits per heavy atom. The van der Waals surface area contributed by atoms with E-state index in [1.54, 1.807) is 24.3 Å². The van der Waals surface area contributed by atoms with E-state index >= 15 is 0 Å². The second-order valence-electron chi connectivity index (χ2n) is 4.19. The van der Waals surface area contributed by atoms with Crippen molar-refractivity contribution in [2.24, 2.45) is 5.73 Å². The van der Waals surface area contributed by atoms with Gasteiger partial charge in [0.25, 0.3) is 0 Å². The van der Waals surface area contributed by atoms with Crippen LogP contribution < -0.4 is 15.8 Å². The molecule has 1 rings (SSSR count). The molecular weight excluding hydrogens is 268 g/mol. The highest BCUT2D eigenvalue weighted by atomic mass is 35.5. The Morgan fingerprint density at radius 2 is 2.11 bits per heavy atom. The van der Waals surface area contributed by atoms with Gasteiger partial charge in [-0.05, 0) is 37.2 Å². The third-order valence-electron chi connectivity index (χ3n) is 2.41. The molecule has 19 heavy (non-hydrogen) atoms. The molecule has 0 saturated carbocycles. The quantitative estimate of drug-likeness (QED) is 0.590. The van der Waals surface area contributed by atoms with E-state index in [0.717, 1.165) is 0 Å². The minimum absolute atomic E-state index is 0.199. The summed E-state index contributed by atoms with van der Waals surface area (Å²) >= 11 is 5.75. The zero-order valence-corrected chi connectivity index (χ0v) is 11.4. The van der Waals surface area contributed by atoms with Crippen LogP contribution in [0.4, 0.5) is 0 Å². The van der Waals surface area contributed by atoms with Crippen molar-refractivity contribution in [3.05, 3.63) is 29.3 Å². The van der Waals surface area contributed by atoms with Gasteiger partial charge in [-0.15, -0.1) is 0 Å². The summed E-state index contributed by atoms with van der Waals surface area (Å²) in [5.74, 6) is 0.352. The molecule has 106 valence electrons. The van der Waals surface area contributed by atoms with Crippen molar-refractivity contribution >= 4 is 17.5 Å². The van der Waals surface area contributed by atoms with Crippen molar-refractivity contribution in [1.82, 2.24) is 5.32 Å². The summed E-state index contributed by atoms with van der Waals surface area (Å²) in [6.45, 7) is 1.25. The normalized spacial score (nSPS) is 12.1. The van der Waals surface area contributed by atoms with Gasteiger partial charge in [-0.3, -0.25) is 4.79 Å². The monoisotopic (exact) mass is 286 g/mol. The Kier molecular flexibility index (Phi) is 7.25. The first-order valence-electron chi connectivity index (χ1n) is 6.13. The molecule has 1 unspecified atom stereocenters. The lowest BCUT2D eigenvalue weighted by Crippen LogP contribution is -2.32. The van der Waals surface area contributed by atoms with E-state index in [1.807, 2.05) is 0 Å². The first-order valence-corrected chi connectivity index (χ1v) is 6.51. The van der Waals surface area contributed by atoms with Crippen LogP contribution in [0.5, 0.6) is 5.75 Å². The number of halogens is 1. The van der Waals surface area contributed by atoms with Gasteiger partial charge in [0, 0.05) is 18.0 Å². The fourth-order valence-corrected chi connectivity index (χ4v) is 1.56. The molecule has 0 aromatic heterocycles. The molecule has 5 nitrogen and oxygen atoms in total. The van der Waals surface area contributed by atoms with E-state index in [4.69, 9.17) is 22.1 Å². The van der Waals surface area contributed by atoms with Gasteiger partial charge in [0.15, 0.2) is 0 Å². The highest BCUT2D eigenvalue weighted by Crippen LogP contribution is 2.15. The van der Waals surface area contributed by atoms with Gasteiger partial charge in [0.05, 0.1) is 0 Å². The molecule has 0 spiro atoms. The van der Waals surface area contributed by atoms with E-state index in [-0.39, 0.29) is 12.5 Å². The van der Waals surface area contributed by atoms with Crippen LogP contribution >= 0.6 is 11.6 Å². The molecule has 0 radical (unpaired) electrons. The number of hydrogen-bond acceptors (Lipinski definition) is 4. The molecule has 1 amide bonds. The standard InChI is InChI=1S/C13H19ClN2O3/c14-10-3-5-12(6-4-10)19-9-11(17)8-16-7-1-2-13(15)18/h3-6,11,16-17H,1-2,7-9H2,(H2,15,18).